The molecular formula is C15H23ClN2. The molecule has 1 aromatic carbocycles. The summed E-state index contributed by atoms with van der Waals surface area (Å²) in [6, 6.07) is 6.72. The lowest BCUT2D eigenvalue weighted by Crippen LogP contribution is -2.45. The summed E-state index contributed by atoms with van der Waals surface area (Å²) >= 11 is 6.44. The van der Waals surface area contributed by atoms with Gasteiger partial charge in [-0.15, -0.1) is 0 Å². The first kappa shape index (κ1) is 13.9. The predicted octanol–water partition coefficient (Wildman–Crippen LogP) is 3.39. The summed E-state index contributed by atoms with van der Waals surface area (Å²) < 4.78 is 0. The van der Waals surface area contributed by atoms with Crippen molar-refractivity contribution in [2.24, 2.45) is 0 Å². The predicted molar refractivity (Wildman–Crippen MR) is 78.3 cm³/mol. The van der Waals surface area contributed by atoms with Crippen molar-refractivity contribution in [1.82, 2.24) is 10.2 Å². The van der Waals surface area contributed by atoms with Crippen LogP contribution in [0.4, 0.5) is 0 Å². The van der Waals surface area contributed by atoms with Crippen LogP contribution >= 0.6 is 11.6 Å². The topological polar surface area (TPSA) is 15.3 Å². The second-order valence-corrected chi connectivity index (χ2v) is 5.47. The summed E-state index contributed by atoms with van der Waals surface area (Å²) in [5, 5.41) is 4.34. The van der Waals surface area contributed by atoms with Crippen LogP contribution in [0.3, 0.4) is 0 Å². The van der Waals surface area contributed by atoms with Crippen molar-refractivity contribution in [2.75, 3.05) is 26.2 Å². The van der Waals surface area contributed by atoms with Gasteiger partial charge in [-0.1, -0.05) is 37.1 Å². The molecule has 0 aromatic heterocycles. The summed E-state index contributed by atoms with van der Waals surface area (Å²) in [7, 11) is 0. The van der Waals surface area contributed by atoms with Crippen LogP contribution in [-0.4, -0.2) is 31.1 Å². The summed E-state index contributed by atoms with van der Waals surface area (Å²) in [4.78, 5) is 2.58. The maximum absolute atomic E-state index is 6.44. The molecule has 0 amide bonds. The van der Waals surface area contributed by atoms with Gasteiger partial charge in [-0.2, -0.15) is 0 Å². The first-order valence-electron chi connectivity index (χ1n) is 6.93. The van der Waals surface area contributed by atoms with Crippen LogP contribution in [0, 0.1) is 6.92 Å². The average molecular weight is 267 g/mol. The zero-order chi connectivity index (χ0) is 13.0. The van der Waals surface area contributed by atoms with Crippen LogP contribution in [0.2, 0.25) is 5.02 Å². The largest absolute Gasteiger partial charge is 0.314 e. The molecule has 0 saturated carbocycles. The quantitative estimate of drug-likeness (QED) is 0.899. The minimum atomic E-state index is 0.478. The van der Waals surface area contributed by atoms with E-state index in [-0.39, 0.29) is 0 Å². The summed E-state index contributed by atoms with van der Waals surface area (Å²) in [5.74, 6) is 0. The lowest BCUT2D eigenvalue weighted by molar-refractivity contribution is 0.164. The molecule has 0 unspecified atom stereocenters. The minimum Gasteiger partial charge on any atom is -0.314 e. The Balaban J connectivity index is 2.28. The van der Waals surface area contributed by atoms with Gasteiger partial charge < -0.3 is 5.32 Å². The van der Waals surface area contributed by atoms with E-state index in [1.165, 1.54) is 24.0 Å². The second kappa shape index (κ2) is 6.55. The molecule has 1 aliphatic heterocycles. The zero-order valence-corrected chi connectivity index (χ0v) is 12.1. The fourth-order valence-corrected chi connectivity index (χ4v) is 3.19. The van der Waals surface area contributed by atoms with Crippen molar-refractivity contribution in [3.63, 3.8) is 0 Å². The van der Waals surface area contributed by atoms with E-state index in [0.29, 0.717) is 6.04 Å². The Labute approximate surface area is 115 Å². The van der Waals surface area contributed by atoms with E-state index in [2.05, 4.69) is 30.1 Å². The third-order valence-corrected chi connectivity index (χ3v) is 4.09. The van der Waals surface area contributed by atoms with E-state index in [9.17, 15) is 0 Å². The molecule has 0 radical (unpaired) electrons. The fourth-order valence-electron chi connectivity index (χ4n) is 2.84. The van der Waals surface area contributed by atoms with Crippen LogP contribution in [0.15, 0.2) is 18.2 Å². The SMILES string of the molecule is CCC[C@H](c1c(C)cccc1Cl)N1CCNCC1. The average Bonchev–Trinajstić information content (AvgIpc) is 2.38. The van der Waals surface area contributed by atoms with Gasteiger partial charge in [-0.25, -0.2) is 0 Å². The molecule has 2 rings (SSSR count). The Bertz CT molecular complexity index is 366. The lowest BCUT2D eigenvalue weighted by Gasteiger charge is -2.36. The summed E-state index contributed by atoms with van der Waals surface area (Å²) in [6.07, 6.45) is 2.38. The molecule has 1 atom stereocenters. The van der Waals surface area contributed by atoms with Crippen LogP contribution in [0.25, 0.3) is 0 Å². The van der Waals surface area contributed by atoms with Crippen molar-refractivity contribution in [2.45, 2.75) is 32.7 Å². The Hall–Kier alpha value is -0.570. The fraction of sp³-hybridized carbons (Fsp3) is 0.600. The molecule has 2 nitrogen and oxygen atoms in total. The van der Waals surface area contributed by atoms with E-state index < -0.39 is 0 Å². The van der Waals surface area contributed by atoms with E-state index in [1.54, 1.807) is 0 Å². The molecule has 1 heterocycles. The van der Waals surface area contributed by atoms with Gasteiger partial charge in [0.1, 0.15) is 0 Å². The maximum Gasteiger partial charge on any atom is 0.0456 e. The van der Waals surface area contributed by atoms with Crippen molar-refractivity contribution in [3.8, 4) is 0 Å². The van der Waals surface area contributed by atoms with E-state index in [4.69, 9.17) is 11.6 Å². The van der Waals surface area contributed by atoms with Gasteiger partial charge >= 0.3 is 0 Å². The van der Waals surface area contributed by atoms with E-state index >= 15 is 0 Å². The highest BCUT2D eigenvalue weighted by molar-refractivity contribution is 6.31. The van der Waals surface area contributed by atoms with Crippen molar-refractivity contribution >= 4 is 11.6 Å². The van der Waals surface area contributed by atoms with Crippen molar-refractivity contribution in [3.05, 3.63) is 34.3 Å². The number of hydrogen-bond donors (Lipinski definition) is 1. The van der Waals surface area contributed by atoms with E-state index in [0.717, 1.165) is 31.2 Å². The van der Waals surface area contributed by atoms with Crippen LogP contribution in [0.1, 0.15) is 36.9 Å². The molecule has 18 heavy (non-hydrogen) atoms. The first-order chi connectivity index (χ1) is 8.74. The molecule has 0 spiro atoms. The minimum absolute atomic E-state index is 0.478. The highest BCUT2D eigenvalue weighted by Crippen LogP contribution is 2.33. The van der Waals surface area contributed by atoms with Crippen molar-refractivity contribution in [1.29, 1.82) is 0 Å². The third-order valence-electron chi connectivity index (χ3n) is 3.76. The number of rotatable bonds is 4. The van der Waals surface area contributed by atoms with Gasteiger partial charge in [0.15, 0.2) is 0 Å². The molecular weight excluding hydrogens is 244 g/mol. The zero-order valence-electron chi connectivity index (χ0n) is 11.4. The Morgan fingerprint density at radius 3 is 2.67 bits per heavy atom. The van der Waals surface area contributed by atoms with Gasteiger partial charge in [0.2, 0.25) is 0 Å². The van der Waals surface area contributed by atoms with Gasteiger partial charge in [-0.3, -0.25) is 4.90 Å². The standard InChI is InChI=1S/C15H23ClN2/c1-3-5-14(18-10-8-17-9-11-18)15-12(2)6-4-7-13(15)16/h4,6-7,14,17H,3,5,8-11H2,1-2H3/t14-/m1/s1. The number of piperazine rings is 1. The number of nitrogens with one attached hydrogen (secondary N) is 1. The lowest BCUT2D eigenvalue weighted by atomic mass is 9.95. The molecule has 100 valence electrons. The molecule has 0 aliphatic carbocycles. The number of hydrogen-bond acceptors (Lipinski definition) is 2. The second-order valence-electron chi connectivity index (χ2n) is 5.06. The molecule has 1 saturated heterocycles. The Morgan fingerprint density at radius 2 is 2.06 bits per heavy atom. The first-order valence-corrected chi connectivity index (χ1v) is 7.31. The Kier molecular flexibility index (Phi) is 5.04. The number of halogens is 1. The van der Waals surface area contributed by atoms with Crippen LogP contribution < -0.4 is 5.32 Å². The highest BCUT2D eigenvalue weighted by atomic mass is 35.5. The molecule has 1 aromatic rings. The van der Waals surface area contributed by atoms with Crippen molar-refractivity contribution < 1.29 is 0 Å². The van der Waals surface area contributed by atoms with E-state index in [1.807, 2.05) is 12.1 Å². The normalized spacial score (nSPS) is 18.8. The molecule has 1 aliphatic rings. The van der Waals surface area contributed by atoms with Gasteiger partial charge in [0.05, 0.1) is 0 Å². The monoisotopic (exact) mass is 266 g/mol. The number of aryl methyl sites for hydroxylation is 1. The van der Waals surface area contributed by atoms with Gasteiger partial charge in [0.25, 0.3) is 0 Å². The smallest absolute Gasteiger partial charge is 0.0456 e. The summed E-state index contributed by atoms with van der Waals surface area (Å²) in [5.41, 5.74) is 2.65. The number of nitrogens with zero attached hydrogens (tertiary/aromatic N) is 1. The van der Waals surface area contributed by atoms with Gasteiger partial charge in [0, 0.05) is 37.2 Å². The molecule has 1 N–H and O–H groups in total. The molecule has 1 fully saturated rings. The van der Waals surface area contributed by atoms with Crippen LogP contribution in [0.5, 0.6) is 0 Å². The third kappa shape index (κ3) is 3.05. The number of benzene rings is 1. The van der Waals surface area contributed by atoms with Crippen LogP contribution in [-0.2, 0) is 0 Å². The molecule has 0 bridgehead atoms. The maximum atomic E-state index is 6.44. The molecule has 3 heteroatoms. The van der Waals surface area contributed by atoms with Gasteiger partial charge in [-0.05, 0) is 30.5 Å². The Morgan fingerprint density at radius 1 is 1.33 bits per heavy atom. The summed E-state index contributed by atoms with van der Waals surface area (Å²) in [6.45, 7) is 8.84. The highest BCUT2D eigenvalue weighted by Gasteiger charge is 2.24.